The van der Waals surface area contributed by atoms with Gasteiger partial charge in [-0.25, -0.2) is 9.78 Å². The maximum atomic E-state index is 12.5. The van der Waals surface area contributed by atoms with Gasteiger partial charge in [0, 0.05) is 11.1 Å². The van der Waals surface area contributed by atoms with E-state index in [1.54, 1.807) is 12.3 Å². The van der Waals surface area contributed by atoms with E-state index in [0.717, 1.165) is 11.3 Å². The van der Waals surface area contributed by atoms with Crippen LogP contribution in [-0.2, 0) is 19.2 Å². The van der Waals surface area contributed by atoms with Crippen LogP contribution in [0.5, 0.6) is 0 Å². The minimum atomic E-state index is -1.16. The molecule has 0 bridgehead atoms. The minimum absolute atomic E-state index is 0. The van der Waals surface area contributed by atoms with Gasteiger partial charge in [0.25, 0.3) is 11.8 Å². The zero-order chi connectivity index (χ0) is 19.0. The van der Waals surface area contributed by atoms with Gasteiger partial charge < -0.3 is 22.4 Å². The van der Waals surface area contributed by atoms with Crippen LogP contribution in [0.3, 0.4) is 0 Å². The third-order valence-electron chi connectivity index (χ3n) is 3.81. The molecule has 0 saturated carbocycles. The Labute approximate surface area is 186 Å². The monoisotopic (exact) mass is 421 g/mol. The predicted molar refractivity (Wildman–Crippen MR) is 96.5 cm³/mol. The van der Waals surface area contributed by atoms with Crippen LogP contribution < -0.4 is 40.6 Å². The van der Waals surface area contributed by atoms with E-state index in [0.29, 0.717) is 11.3 Å². The molecule has 140 valence electrons. The smallest absolute Gasteiger partial charge is 1.00 e. The van der Waals surface area contributed by atoms with Gasteiger partial charge in [-0.15, -0.1) is 23.1 Å². The summed E-state index contributed by atoms with van der Waals surface area (Å²) in [5.74, 6) is -1.84. The third kappa shape index (κ3) is 3.99. The number of rotatable bonds is 5. The number of thioether (sulfide) groups is 1. The number of carboxylic acid groups (broad SMARTS) is 1. The van der Waals surface area contributed by atoms with E-state index >= 15 is 0 Å². The van der Waals surface area contributed by atoms with Crippen LogP contribution >= 0.6 is 23.1 Å². The number of fused-ring (bicyclic) bond motifs is 1. The van der Waals surface area contributed by atoms with Gasteiger partial charge in [0.15, 0.2) is 10.8 Å². The first-order chi connectivity index (χ1) is 12.3. The van der Waals surface area contributed by atoms with Crippen LogP contribution in [0.1, 0.15) is 14.0 Å². The van der Waals surface area contributed by atoms with Gasteiger partial charge in [-0.05, 0) is 12.5 Å². The first kappa shape index (κ1) is 21.7. The van der Waals surface area contributed by atoms with E-state index in [2.05, 4.69) is 20.3 Å². The SMILES string of the molecule is CO/N=C(/C(=O)N[C@@H]1C(=O)N2C(C(=O)O)=C(C)CS[C@H]12)c1csc(N)n1.[H-].[Na+]. The van der Waals surface area contributed by atoms with Gasteiger partial charge in [0.1, 0.15) is 29.9 Å². The molecule has 1 saturated heterocycles. The molecule has 0 aromatic carbocycles. The van der Waals surface area contributed by atoms with E-state index in [-0.39, 0.29) is 53.2 Å². The van der Waals surface area contributed by atoms with E-state index in [1.165, 1.54) is 23.8 Å². The molecule has 1 fully saturated rings. The van der Waals surface area contributed by atoms with Gasteiger partial charge >= 0.3 is 35.5 Å². The van der Waals surface area contributed by atoms with Crippen LogP contribution in [0.4, 0.5) is 5.13 Å². The number of nitrogens with one attached hydrogen (secondary N) is 1. The van der Waals surface area contributed by atoms with Gasteiger partial charge in [-0.2, -0.15) is 0 Å². The summed E-state index contributed by atoms with van der Waals surface area (Å²) in [6.07, 6.45) is 0. The molecule has 2 aliphatic rings. The molecule has 4 N–H and O–H groups in total. The molecule has 3 rings (SSSR count). The Balaban J connectivity index is 0.00000196. The Morgan fingerprint density at radius 3 is 2.81 bits per heavy atom. The zero-order valence-corrected chi connectivity index (χ0v) is 18.4. The summed E-state index contributed by atoms with van der Waals surface area (Å²) in [5.41, 5.74) is 6.27. The molecule has 27 heavy (non-hydrogen) atoms. The number of β-lactam (4-membered cyclic amide) rings is 1. The van der Waals surface area contributed by atoms with Crippen LogP contribution in [0.25, 0.3) is 0 Å². The molecule has 1 aromatic rings. The quantitative estimate of drug-likeness (QED) is 0.197. The number of amides is 2. The molecular formula is C14H16N5NaO5S2. The molecule has 0 aliphatic carbocycles. The fourth-order valence-electron chi connectivity index (χ4n) is 2.68. The number of hydrogen-bond acceptors (Lipinski definition) is 9. The van der Waals surface area contributed by atoms with E-state index in [4.69, 9.17) is 5.73 Å². The maximum Gasteiger partial charge on any atom is 1.00 e. The molecule has 1 aromatic heterocycles. The number of carbonyl (C=O) groups excluding carboxylic acids is 2. The molecule has 10 nitrogen and oxygen atoms in total. The summed E-state index contributed by atoms with van der Waals surface area (Å²) < 4.78 is 0. The number of anilines is 1. The molecule has 2 aliphatic heterocycles. The Bertz CT molecular complexity index is 861. The molecule has 0 spiro atoms. The normalized spacial score (nSPS) is 21.8. The van der Waals surface area contributed by atoms with Gasteiger partial charge in [-0.1, -0.05) is 5.16 Å². The summed E-state index contributed by atoms with van der Waals surface area (Å²) in [6.45, 7) is 1.67. The van der Waals surface area contributed by atoms with Gasteiger partial charge in [0.05, 0.1) is 0 Å². The summed E-state index contributed by atoms with van der Waals surface area (Å²) in [4.78, 5) is 46.2. The molecule has 3 heterocycles. The van der Waals surface area contributed by atoms with E-state index < -0.39 is 29.2 Å². The second-order valence-corrected chi connectivity index (χ2v) is 7.48. The Hall–Kier alpha value is -1.60. The molecular weight excluding hydrogens is 405 g/mol. The first-order valence-corrected chi connectivity index (χ1v) is 9.29. The average molecular weight is 421 g/mol. The summed E-state index contributed by atoms with van der Waals surface area (Å²) >= 11 is 2.52. The zero-order valence-electron chi connectivity index (χ0n) is 15.8. The standard InChI is InChI=1S/C14H15N5O5S2.Na.H/c1-5-3-25-12-8(11(21)19(12)9(5)13(22)23)17-10(20)7(18-24-2)6-4-26-14(15)16-6;;/h4,8,12H,3H2,1-2H3,(H2,15,16)(H,17,20)(H,22,23);;/q;+1;-1/b18-7+;;/t8-,12-;;/m1../s1. The predicted octanol–water partition coefficient (Wildman–Crippen LogP) is -3.05. The van der Waals surface area contributed by atoms with E-state index in [9.17, 15) is 19.5 Å². The fraction of sp³-hybridized carbons (Fsp3) is 0.357. The van der Waals surface area contributed by atoms with Crippen molar-refractivity contribution in [2.75, 3.05) is 18.6 Å². The summed E-state index contributed by atoms with van der Waals surface area (Å²) in [6, 6.07) is -0.854. The number of aliphatic carboxylic acids is 1. The largest absolute Gasteiger partial charge is 1.00 e. The molecule has 2 amide bonds. The second kappa shape index (κ2) is 8.61. The number of nitrogens with two attached hydrogens (primary N) is 1. The summed E-state index contributed by atoms with van der Waals surface area (Å²) in [5, 5.41) is 16.9. The Kier molecular flexibility index (Phi) is 6.92. The Morgan fingerprint density at radius 1 is 1.56 bits per heavy atom. The van der Waals surface area contributed by atoms with Crippen LogP contribution in [0, 0.1) is 0 Å². The maximum absolute atomic E-state index is 12.5. The second-order valence-electron chi connectivity index (χ2n) is 5.49. The number of thiazole rings is 1. The van der Waals surface area contributed by atoms with Crippen molar-refractivity contribution in [1.82, 2.24) is 15.2 Å². The fourth-order valence-corrected chi connectivity index (χ4v) is 4.52. The number of nitrogens with zero attached hydrogens (tertiary/aromatic N) is 3. The van der Waals surface area contributed by atoms with Crippen molar-refractivity contribution >= 4 is 51.7 Å². The van der Waals surface area contributed by atoms with Crippen LogP contribution in [0.15, 0.2) is 21.8 Å². The van der Waals surface area contributed by atoms with Crippen molar-refractivity contribution in [3.05, 3.63) is 22.3 Å². The number of oxime groups is 1. The first-order valence-electron chi connectivity index (χ1n) is 7.36. The van der Waals surface area contributed by atoms with Crippen molar-refractivity contribution in [3.8, 4) is 0 Å². The molecule has 2 atom stereocenters. The average Bonchev–Trinajstić information content (AvgIpc) is 3.02. The van der Waals surface area contributed by atoms with Crippen molar-refractivity contribution < 1.29 is 55.3 Å². The van der Waals surface area contributed by atoms with Crippen molar-refractivity contribution in [2.24, 2.45) is 5.16 Å². The third-order valence-corrected chi connectivity index (χ3v) is 5.91. The van der Waals surface area contributed by atoms with Gasteiger partial charge in [-0.3, -0.25) is 14.5 Å². The van der Waals surface area contributed by atoms with Crippen molar-refractivity contribution in [3.63, 3.8) is 0 Å². The number of carbonyl (C=O) groups is 3. The number of aromatic nitrogens is 1. The Morgan fingerprint density at radius 2 is 2.26 bits per heavy atom. The van der Waals surface area contributed by atoms with E-state index in [1.807, 2.05) is 0 Å². The summed E-state index contributed by atoms with van der Waals surface area (Å²) in [7, 11) is 1.28. The van der Waals surface area contributed by atoms with Crippen molar-refractivity contribution in [2.45, 2.75) is 18.3 Å². The molecule has 13 heteroatoms. The molecule has 0 unspecified atom stereocenters. The van der Waals surface area contributed by atoms with Crippen LogP contribution in [0.2, 0.25) is 0 Å². The van der Waals surface area contributed by atoms with Crippen molar-refractivity contribution in [1.29, 1.82) is 0 Å². The molecule has 0 radical (unpaired) electrons. The minimum Gasteiger partial charge on any atom is -1.00 e. The topological polar surface area (TPSA) is 147 Å². The number of carboxylic acids is 1. The van der Waals surface area contributed by atoms with Crippen LogP contribution in [-0.4, -0.2) is 62.8 Å². The number of hydrogen-bond donors (Lipinski definition) is 3. The number of nitrogen functional groups attached to an aromatic ring is 1. The van der Waals surface area contributed by atoms with Gasteiger partial charge in [0.2, 0.25) is 0 Å².